The van der Waals surface area contributed by atoms with Gasteiger partial charge in [-0.1, -0.05) is 35.9 Å². The molecule has 0 bridgehead atoms. The summed E-state index contributed by atoms with van der Waals surface area (Å²) >= 11 is 5.98. The van der Waals surface area contributed by atoms with Crippen molar-refractivity contribution in [1.29, 1.82) is 0 Å². The number of hydrogen-bond donors (Lipinski definition) is 2. The Morgan fingerprint density at radius 2 is 1.40 bits per heavy atom. The summed E-state index contributed by atoms with van der Waals surface area (Å²) in [4.78, 5) is 0. The number of hydrogen-bond acceptors (Lipinski definition) is 2. The molecule has 0 heterocycles. The number of phenolic OH excluding ortho intramolecular Hbond substituents is 2. The summed E-state index contributed by atoms with van der Waals surface area (Å²) in [7, 11) is 0. The summed E-state index contributed by atoms with van der Waals surface area (Å²) in [5, 5.41) is 19.8. The average Bonchev–Trinajstić information content (AvgIpc) is 2.20. The van der Waals surface area contributed by atoms with Crippen LogP contribution in [0.4, 0.5) is 0 Å². The normalized spacial score (nSPS) is 10.2. The molecule has 2 aromatic carbocycles. The fourth-order valence-electron chi connectivity index (χ4n) is 1.47. The molecule has 0 fully saturated rings. The van der Waals surface area contributed by atoms with Gasteiger partial charge in [0.2, 0.25) is 0 Å². The fourth-order valence-corrected chi connectivity index (χ4v) is 1.70. The van der Waals surface area contributed by atoms with Crippen molar-refractivity contribution < 1.29 is 10.2 Å². The van der Waals surface area contributed by atoms with Gasteiger partial charge >= 0.3 is 0 Å². The van der Waals surface area contributed by atoms with Gasteiger partial charge in [-0.2, -0.15) is 0 Å². The minimum atomic E-state index is 0.0168. The van der Waals surface area contributed by atoms with E-state index in [0.717, 1.165) is 0 Å². The maximum absolute atomic E-state index is 9.65. The van der Waals surface area contributed by atoms with E-state index < -0.39 is 0 Å². The Morgan fingerprint density at radius 3 is 2.00 bits per heavy atom. The maximum Gasteiger partial charge on any atom is 0.127 e. The Kier molecular flexibility index (Phi) is 2.52. The van der Waals surface area contributed by atoms with Crippen LogP contribution in [0.2, 0.25) is 5.02 Å². The van der Waals surface area contributed by atoms with Crippen LogP contribution in [0.15, 0.2) is 42.5 Å². The lowest BCUT2D eigenvalue weighted by Gasteiger charge is -2.08. The quantitative estimate of drug-likeness (QED) is 0.773. The zero-order chi connectivity index (χ0) is 10.8. The van der Waals surface area contributed by atoms with Crippen molar-refractivity contribution in [2.45, 2.75) is 0 Å². The van der Waals surface area contributed by atoms with Crippen LogP contribution in [-0.4, -0.2) is 10.2 Å². The zero-order valence-electron chi connectivity index (χ0n) is 7.81. The second kappa shape index (κ2) is 3.83. The topological polar surface area (TPSA) is 40.5 Å². The monoisotopic (exact) mass is 220 g/mol. The highest BCUT2D eigenvalue weighted by atomic mass is 35.5. The molecule has 0 aliphatic heterocycles. The van der Waals surface area contributed by atoms with Gasteiger partial charge in [0.15, 0.2) is 0 Å². The molecule has 15 heavy (non-hydrogen) atoms. The molecule has 0 radical (unpaired) electrons. The van der Waals surface area contributed by atoms with Crippen LogP contribution in [0.1, 0.15) is 0 Å². The smallest absolute Gasteiger partial charge is 0.127 e. The molecule has 2 aromatic rings. The van der Waals surface area contributed by atoms with Crippen molar-refractivity contribution in [3.8, 4) is 22.6 Å². The van der Waals surface area contributed by atoms with Crippen molar-refractivity contribution in [3.05, 3.63) is 47.5 Å². The Labute approximate surface area is 92.4 Å². The van der Waals surface area contributed by atoms with Crippen LogP contribution in [0.3, 0.4) is 0 Å². The standard InChI is InChI=1S/C12H9ClO2/c13-9-5-2-1-4-8(9)12-10(14)6-3-7-11(12)15/h1-7,14-15H. The van der Waals surface area contributed by atoms with E-state index in [0.29, 0.717) is 16.1 Å². The Morgan fingerprint density at radius 1 is 0.800 bits per heavy atom. The molecule has 2 nitrogen and oxygen atoms in total. The minimum absolute atomic E-state index is 0.0168. The van der Waals surface area contributed by atoms with E-state index in [9.17, 15) is 10.2 Å². The number of halogens is 1. The molecule has 0 aliphatic rings. The molecule has 2 rings (SSSR count). The molecule has 0 saturated heterocycles. The lowest BCUT2D eigenvalue weighted by atomic mass is 10.0. The highest BCUT2D eigenvalue weighted by Crippen LogP contribution is 2.39. The number of phenols is 2. The third-order valence-electron chi connectivity index (χ3n) is 2.16. The van der Waals surface area contributed by atoms with Gasteiger partial charge in [-0.3, -0.25) is 0 Å². The molecule has 0 spiro atoms. The molecule has 2 N–H and O–H groups in total. The summed E-state index contributed by atoms with van der Waals surface area (Å²) in [5.41, 5.74) is 0.984. The first-order chi connectivity index (χ1) is 7.20. The van der Waals surface area contributed by atoms with Gasteiger partial charge in [0.05, 0.1) is 5.56 Å². The van der Waals surface area contributed by atoms with E-state index >= 15 is 0 Å². The lowest BCUT2D eigenvalue weighted by Crippen LogP contribution is -1.81. The van der Waals surface area contributed by atoms with E-state index in [1.54, 1.807) is 30.3 Å². The average molecular weight is 221 g/mol. The Bertz CT molecular complexity index is 474. The molecule has 0 unspecified atom stereocenters. The number of rotatable bonds is 1. The van der Waals surface area contributed by atoms with Crippen LogP contribution < -0.4 is 0 Å². The molecular formula is C12H9ClO2. The third kappa shape index (κ3) is 1.76. The van der Waals surface area contributed by atoms with Gasteiger partial charge in [-0.15, -0.1) is 0 Å². The first-order valence-electron chi connectivity index (χ1n) is 4.46. The lowest BCUT2D eigenvalue weighted by molar-refractivity contribution is 0.454. The third-order valence-corrected chi connectivity index (χ3v) is 2.49. The van der Waals surface area contributed by atoms with E-state index in [-0.39, 0.29) is 11.5 Å². The van der Waals surface area contributed by atoms with E-state index in [2.05, 4.69) is 0 Å². The highest BCUT2D eigenvalue weighted by Gasteiger charge is 2.11. The largest absolute Gasteiger partial charge is 0.507 e. The number of aromatic hydroxyl groups is 2. The van der Waals surface area contributed by atoms with Crippen molar-refractivity contribution in [3.63, 3.8) is 0 Å². The maximum atomic E-state index is 9.65. The summed E-state index contributed by atoms with van der Waals surface area (Å²) in [6.07, 6.45) is 0. The molecule has 0 aliphatic carbocycles. The molecule has 3 heteroatoms. The molecule has 0 saturated carbocycles. The van der Waals surface area contributed by atoms with Gasteiger partial charge in [0.1, 0.15) is 11.5 Å². The van der Waals surface area contributed by atoms with Crippen LogP contribution in [0, 0.1) is 0 Å². The Hall–Kier alpha value is -1.67. The van der Waals surface area contributed by atoms with Crippen LogP contribution in [0.25, 0.3) is 11.1 Å². The van der Waals surface area contributed by atoms with Crippen molar-refractivity contribution in [2.24, 2.45) is 0 Å². The zero-order valence-corrected chi connectivity index (χ0v) is 8.57. The van der Waals surface area contributed by atoms with Gasteiger partial charge in [-0.25, -0.2) is 0 Å². The SMILES string of the molecule is Oc1cccc(O)c1-c1ccccc1Cl. The van der Waals surface area contributed by atoms with E-state index in [1.165, 1.54) is 12.1 Å². The van der Waals surface area contributed by atoms with Gasteiger partial charge < -0.3 is 10.2 Å². The summed E-state index contributed by atoms with van der Waals surface area (Å²) in [5.74, 6) is 0.0335. The van der Waals surface area contributed by atoms with E-state index in [1.807, 2.05) is 0 Å². The highest BCUT2D eigenvalue weighted by molar-refractivity contribution is 6.33. The summed E-state index contributed by atoms with van der Waals surface area (Å²) < 4.78 is 0. The van der Waals surface area contributed by atoms with E-state index in [4.69, 9.17) is 11.6 Å². The fraction of sp³-hybridized carbons (Fsp3) is 0. The molecule has 0 amide bonds. The minimum Gasteiger partial charge on any atom is -0.507 e. The van der Waals surface area contributed by atoms with Crippen LogP contribution in [-0.2, 0) is 0 Å². The molecule has 0 aromatic heterocycles. The molecule has 0 atom stereocenters. The summed E-state index contributed by atoms with van der Waals surface area (Å²) in [6, 6.07) is 11.7. The first kappa shape index (κ1) is 9.87. The second-order valence-electron chi connectivity index (χ2n) is 3.15. The van der Waals surface area contributed by atoms with Gasteiger partial charge in [0, 0.05) is 10.6 Å². The number of benzene rings is 2. The van der Waals surface area contributed by atoms with Gasteiger partial charge in [-0.05, 0) is 18.2 Å². The Balaban J connectivity index is 2.69. The molecule has 76 valence electrons. The van der Waals surface area contributed by atoms with Crippen LogP contribution in [0.5, 0.6) is 11.5 Å². The predicted octanol–water partition coefficient (Wildman–Crippen LogP) is 3.42. The second-order valence-corrected chi connectivity index (χ2v) is 3.56. The molecular weight excluding hydrogens is 212 g/mol. The van der Waals surface area contributed by atoms with Crippen molar-refractivity contribution >= 4 is 11.6 Å². The van der Waals surface area contributed by atoms with Gasteiger partial charge in [0.25, 0.3) is 0 Å². The van der Waals surface area contributed by atoms with Crippen molar-refractivity contribution in [1.82, 2.24) is 0 Å². The summed E-state index contributed by atoms with van der Waals surface area (Å²) in [6.45, 7) is 0. The van der Waals surface area contributed by atoms with Crippen molar-refractivity contribution in [2.75, 3.05) is 0 Å². The first-order valence-corrected chi connectivity index (χ1v) is 4.84. The predicted molar refractivity (Wildman–Crippen MR) is 60.2 cm³/mol. The van der Waals surface area contributed by atoms with Crippen LogP contribution >= 0.6 is 11.6 Å².